The van der Waals surface area contributed by atoms with E-state index in [0.717, 1.165) is 38.3 Å². The van der Waals surface area contributed by atoms with Crippen molar-refractivity contribution in [3.63, 3.8) is 0 Å². The van der Waals surface area contributed by atoms with Crippen molar-refractivity contribution in [2.75, 3.05) is 0 Å². The van der Waals surface area contributed by atoms with Gasteiger partial charge in [0, 0.05) is 41.9 Å². The molecule has 4 aromatic heterocycles. The summed E-state index contributed by atoms with van der Waals surface area (Å²) in [5.74, 6) is 1.65. The van der Waals surface area contributed by atoms with E-state index in [0.29, 0.717) is 0 Å². The number of fused-ring (bicyclic) bond motifs is 14. The van der Waals surface area contributed by atoms with Crippen molar-refractivity contribution in [3.05, 3.63) is 163 Å². The third kappa shape index (κ3) is 4.76. The Kier molecular flexibility index (Phi) is 6.94. The Balaban J connectivity index is 1.26. The highest BCUT2D eigenvalue weighted by Gasteiger charge is 2.26. The molecule has 0 atom stereocenters. The largest absolute Gasteiger partial charge is 0.292 e. The van der Waals surface area contributed by atoms with Crippen LogP contribution in [0.3, 0.4) is 0 Å². The van der Waals surface area contributed by atoms with Gasteiger partial charge in [-0.25, -0.2) is 9.97 Å². The van der Waals surface area contributed by atoms with Crippen molar-refractivity contribution in [2.24, 2.45) is 0 Å². The molecule has 0 bridgehead atoms. The Morgan fingerprint density at radius 2 is 1.09 bits per heavy atom. The van der Waals surface area contributed by atoms with Crippen LogP contribution in [-0.2, 0) is 5.41 Å². The molecule has 0 saturated heterocycles. The van der Waals surface area contributed by atoms with Crippen LogP contribution in [0.25, 0.3) is 112 Å². The molecule has 4 heterocycles. The van der Waals surface area contributed by atoms with Crippen molar-refractivity contribution in [3.8, 4) is 28.3 Å². The van der Waals surface area contributed by atoms with E-state index in [9.17, 15) is 0 Å². The smallest absolute Gasteiger partial charge is 0.163 e. The predicted octanol–water partition coefficient (Wildman–Crippen LogP) is 15.2. The van der Waals surface area contributed by atoms with Crippen LogP contribution >= 0.6 is 22.7 Å². The number of benzene rings is 8. The molecular formula is C52H35N3S2. The second-order valence-electron chi connectivity index (χ2n) is 16.1. The van der Waals surface area contributed by atoms with Gasteiger partial charge in [0.15, 0.2) is 11.6 Å². The Labute approximate surface area is 337 Å². The van der Waals surface area contributed by atoms with Crippen molar-refractivity contribution in [1.29, 1.82) is 0 Å². The lowest BCUT2D eigenvalue weighted by molar-refractivity contribution is 0.591. The number of thiophene rings is 2. The topological polar surface area (TPSA) is 30.7 Å². The minimum absolute atomic E-state index is 0.0447. The summed E-state index contributed by atoms with van der Waals surface area (Å²) >= 11 is 3.66. The van der Waals surface area contributed by atoms with Gasteiger partial charge in [-0.05, 0) is 67.9 Å². The van der Waals surface area contributed by atoms with Crippen LogP contribution in [0.2, 0.25) is 0 Å². The van der Waals surface area contributed by atoms with E-state index in [1.165, 1.54) is 79.4 Å². The fraction of sp³-hybridized carbons (Fsp3) is 0.0769. The molecular weight excluding hydrogens is 731 g/mol. The lowest BCUT2D eigenvalue weighted by atomic mass is 9.86. The van der Waals surface area contributed by atoms with E-state index in [-0.39, 0.29) is 5.41 Å². The third-order valence-electron chi connectivity index (χ3n) is 11.8. The highest BCUT2D eigenvalue weighted by atomic mass is 32.1. The molecule has 12 aromatic rings. The summed E-state index contributed by atoms with van der Waals surface area (Å²) in [4.78, 5) is 12.2. The maximum atomic E-state index is 5.74. The normalized spacial score (nSPS) is 12.5. The van der Waals surface area contributed by atoms with Gasteiger partial charge >= 0.3 is 0 Å². The van der Waals surface area contributed by atoms with Gasteiger partial charge in [-0.2, -0.15) is 0 Å². The summed E-state index contributed by atoms with van der Waals surface area (Å²) < 4.78 is 6.28. The van der Waals surface area contributed by atoms with E-state index in [1.807, 2.05) is 11.3 Å². The molecule has 0 spiro atoms. The lowest BCUT2D eigenvalue weighted by Crippen LogP contribution is -2.10. The van der Waals surface area contributed by atoms with E-state index in [2.05, 4.69) is 183 Å². The maximum Gasteiger partial charge on any atom is 0.163 e. The first-order valence-electron chi connectivity index (χ1n) is 19.5. The van der Waals surface area contributed by atoms with Gasteiger partial charge in [0.2, 0.25) is 0 Å². The van der Waals surface area contributed by atoms with Gasteiger partial charge in [-0.3, -0.25) is 4.57 Å². The Morgan fingerprint density at radius 3 is 1.86 bits per heavy atom. The summed E-state index contributed by atoms with van der Waals surface area (Å²) in [5, 5.41) is 12.2. The van der Waals surface area contributed by atoms with Crippen molar-refractivity contribution in [2.45, 2.75) is 26.2 Å². The molecule has 8 aromatic carbocycles. The zero-order valence-corrected chi connectivity index (χ0v) is 33.3. The second kappa shape index (κ2) is 12.1. The van der Waals surface area contributed by atoms with Crippen LogP contribution in [-0.4, -0.2) is 14.5 Å². The van der Waals surface area contributed by atoms with Crippen LogP contribution in [0, 0.1) is 0 Å². The third-order valence-corrected chi connectivity index (χ3v) is 14.0. The summed E-state index contributed by atoms with van der Waals surface area (Å²) in [7, 11) is 0. The highest BCUT2D eigenvalue weighted by molar-refractivity contribution is 7.27. The zero-order chi connectivity index (χ0) is 38.0. The van der Waals surface area contributed by atoms with Crippen LogP contribution < -0.4 is 0 Å². The minimum atomic E-state index is 0.0447. The first-order valence-corrected chi connectivity index (χ1v) is 21.1. The number of hydrogen-bond donors (Lipinski definition) is 0. The Morgan fingerprint density at radius 1 is 0.474 bits per heavy atom. The van der Waals surface area contributed by atoms with Crippen LogP contribution in [0.1, 0.15) is 26.3 Å². The predicted molar refractivity (Wildman–Crippen MR) is 247 cm³/mol. The summed E-state index contributed by atoms with van der Waals surface area (Å²) in [6, 6.07) is 57.5. The molecule has 270 valence electrons. The summed E-state index contributed by atoms with van der Waals surface area (Å²) in [5.41, 5.74) is 7.16. The molecule has 0 aliphatic heterocycles. The fourth-order valence-corrected chi connectivity index (χ4v) is 11.5. The van der Waals surface area contributed by atoms with Crippen molar-refractivity contribution in [1.82, 2.24) is 14.5 Å². The zero-order valence-electron chi connectivity index (χ0n) is 31.7. The van der Waals surface area contributed by atoms with Crippen LogP contribution in [0.5, 0.6) is 0 Å². The van der Waals surface area contributed by atoms with E-state index >= 15 is 0 Å². The average molecular weight is 766 g/mol. The molecule has 0 N–H and O–H groups in total. The van der Waals surface area contributed by atoms with Crippen LogP contribution in [0.15, 0.2) is 158 Å². The van der Waals surface area contributed by atoms with Gasteiger partial charge in [0.05, 0.1) is 21.1 Å². The molecule has 12 rings (SSSR count). The SMILES string of the molecule is CC(C)(C)c1ccc2c(c1)sc1c2c2ccccc2c2c3ccccc3n(-c3nc(-c4ccc(-c5ccccc5)c5ccccc45)nc4sc5ccccc5c34)c12. The molecule has 5 heteroatoms. The molecule has 0 fully saturated rings. The lowest BCUT2D eigenvalue weighted by Gasteiger charge is -2.18. The van der Waals surface area contributed by atoms with E-state index in [4.69, 9.17) is 9.97 Å². The van der Waals surface area contributed by atoms with Gasteiger partial charge in [0.1, 0.15) is 4.83 Å². The molecule has 57 heavy (non-hydrogen) atoms. The first kappa shape index (κ1) is 32.8. The van der Waals surface area contributed by atoms with Gasteiger partial charge in [-0.15, -0.1) is 22.7 Å². The summed E-state index contributed by atoms with van der Waals surface area (Å²) in [6.07, 6.45) is 0. The Bertz CT molecular complexity index is 3620. The van der Waals surface area contributed by atoms with Crippen LogP contribution in [0.4, 0.5) is 0 Å². The minimum Gasteiger partial charge on any atom is -0.292 e. The van der Waals surface area contributed by atoms with Crippen molar-refractivity contribution < 1.29 is 0 Å². The Hall–Kier alpha value is -6.40. The molecule has 3 nitrogen and oxygen atoms in total. The number of hydrogen-bond acceptors (Lipinski definition) is 4. The molecule has 0 aliphatic carbocycles. The highest BCUT2D eigenvalue weighted by Crippen LogP contribution is 2.50. The quantitative estimate of drug-likeness (QED) is 0.179. The molecule has 0 aliphatic rings. The molecule has 0 amide bonds. The van der Waals surface area contributed by atoms with Gasteiger partial charge in [0.25, 0.3) is 0 Å². The summed E-state index contributed by atoms with van der Waals surface area (Å²) in [6.45, 7) is 6.90. The fourth-order valence-electron chi connectivity index (χ4n) is 9.11. The van der Waals surface area contributed by atoms with Gasteiger partial charge in [-0.1, -0.05) is 154 Å². The van der Waals surface area contributed by atoms with E-state index in [1.54, 1.807) is 11.3 Å². The maximum absolute atomic E-state index is 5.74. The molecule has 0 radical (unpaired) electrons. The van der Waals surface area contributed by atoms with E-state index < -0.39 is 0 Å². The first-order chi connectivity index (χ1) is 27.9. The van der Waals surface area contributed by atoms with Crippen molar-refractivity contribution >= 4 is 106 Å². The monoisotopic (exact) mass is 765 g/mol. The average Bonchev–Trinajstić information content (AvgIpc) is 3.93. The molecule has 0 unspecified atom stereocenters. The number of rotatable bonds is 3. The molecule has 0 saturated carbocycles. The number of para-hydroxylation sites is 1. The van der Waals surface area contributed by atoms with Gasteiger partial charge < -0.3 is 0 Å². The standard InChI is InChI=1S/C52H35N3S2/c1-52(2,3)31-25-26-40-43(29-31)56-48-45(40)36-20-10-9-19-35(36)44-38-21-11-13-23-41(38)55(47(44)48)50-46-39-22-12-14-24-42(39)57-51(46)54-49(53-50)37-28-27-32(30-15-5-4-6-16-30)33-17-7-8-18-34(33)37/h4-29H,1-3H3. The second-order valence-corrected chi connectivity index (χ2v) is 18.2. The number of aromatic nitrogens is 3. The number of nitrogens with zero attached hydrogens (tertiary/aromatic N) is 3.